The Balaban J connectivity index is 3.38. The van der Waals surface area contributed by atoms with Crippen molar-refractivity contribution in [2.45, 2.75) is 0 Å². The van der Waals surface area contributed by atoms with Crippen LogP contribution in [0, 0.1) is 4.91 Å². The highest BCUT2D eigenvalue weighted by Gasteiger charge is 1.90. The van der Waals surface area contributed by atoms with Crippen molar-refractivity contribution in [2.75, 3.05) is 0 Å². The normalized spacial score (nSPS) is 7.12. The molecule has 0 aliphatic rings. The van der Waals surface area contributed by atoms with Crippen LogP contribution in [0.15, 0.2) is 9.81 Å². The number of nitrogens with zero attached hydrogens (tertiary/aromatic N) is 5. The molecular formula is IN5OS. The number of halogens is 1. The maximum atomic E-state index is 9.47. The third kappa shape index (κ3) is 3.96. The first kappa shape index (κ1) is 7.79. The Labute approximate surface area is 62.9 Å². The van der Waals surface area contributed by atoms with Crippen LogP contribution >= 0.6 is 35.0 Å². The molecule has 0 saturated carbocycles. The fourth-order valence-electron chi connectivity index (χ4n) is 0.0614. The highest BCUT2D eigenvalue weighted by Crippen LogP contribution is 2.16. The lowest BCUT2D eigenvalue weighted by Crippen LogP contribution is -1.81. The molecule has 0 saturated heterocycles. The molecule has 0 aromatic heterocycles. The minimum atomic E-state index is 0.626. The predicted octanol–water partition coefficient (Wildman–Crippen LogP) is 2.19. The molecule has 0 spiro atoms. The molecule has 0 aromatic rings. The van der Waals surface area contributed by atoms with Gasteiger partial charge in [0.2, 0.25) is 0 Å². The van der Waals surface area contributed by atoms with E-state index in [1.165, 1.54) is 0 Å². The van der Waals surface area contributed by atoms with Crippen molar-refractivity contribution in [1.82, 2.24) is 2.63 Å². The Morgan fingerprint density at radius 1 is 1.88 bits per heavy atom. The zero-order valence-electron chi connectivity index (χ0n) is 3.43. The van der Waals surface area contributed by atoms with Gasteiger partial charge in [0.15, 0.2) is 0 Å². The first-order valence-electron chi connectivity index (χ1n) is 1.32. The second-order valence-corrected chi connectivity index (χ2v) is 2.80. The lowest BCUT2D eigenvalue weighted by Gasteiger charge is -1.93. The second kappa shape index (κ2) is 4.94. The summed E-state index contributed by atoms with van der Waals surface area (Å²) >= 11 is 2.21. The van der Waals surface area contributed by atoms with Gasteiger partial charge in [0.1, 0.15) is 0 Å². The third-order valence-electron chi connectivity index (χ3n) is 0.205. The van der Waals surface area contributed by atoms with E-state index in [0.717, 1.165) is 2.63 Å². The molecule has 0 aliphatic carbocycles. The van der Waals surface area contributed by atoms with Crippen molar-refractivity contribution in [3.63, 3.8) is 0 Å². The quantitative estimate of drug-likeness (QED) is 0.112. The Morgan fingerprint density at radius 2 is 2.50 bits per heavy atom. The molecule has 0 heterocycles. The molecule has 8 heteroatoms. The smallest absolute Gasteiger partial charge is 0.0979 e. The largest absolute Gasteiger partial charge is 0.134 e. The summed E-state index contributed by atoms with van der Waals surface area (Å²) in [6.07, 6.45) is 0. The van der Waals surface area contributed by atoms with Gasteiger partial charge in [0.05, 0.1) is 40.3 Å². The lowest BCUT2D eigenvalue weighted by atomic mass is 12.9. The summed E-state index contributed by atoms with van der Waals surface area (Å²) in [4.78, 5) is 11.8. The van der Waals surface area contributed by atoms with Crippen molar-refractivity contribution >= 4 is 35.0 Å². The average molecular weight is 245 g/mol. The molecule has 6 nitrogen and oxygen atoms in total. The van der Waals surface area contributed by atoms with Crippen LogP contribution in [0.4, 0.5) is 0 Å². The van der Waals surface area contributed by atoms with Crippen molar-refractivity contribution in [3.05, 3.63) is 15.3 Å². The van der Waals surface area contributed by atoms with Crippen molar-refractivity contribution in [2.24, 2.45) is 9.81 Å². The van der Waals surface area contributed by atoms with Gasteiger partial charge in [0, 0.05) is 4.91 Å². The molecular weight excluding hydrogens is 245 g/mol. The minimum Gasteiger partial charge on any atom is -0.134 e. The molecule has 0 atom stereocenters. The number of nitroso groups, excluding NO2 is 1. The summed E-state index contributed by atoms with van der Waals surface area (Å²) in [6, 6.07) is 0. The van der Waals surface area contributed by atoms with Gasteiger partial charge in [-0.15, -0.1) is 7.53 Å². The molecule has 0 radical (unpaired) electrons. The van der Waals surface area contributed by atoms with E-state index in [2.05, 4.69) is 14.7 Å². The zero-order valence-corrected chi connectivity index (χ0v) is 6.40. The van der Waals surface area contributed by atoms with E-state index in [-0.39, 0.29) is 0 Å². The molecule has 0 amide bonds. The summed E-state index contributed by atoms with van der Waals surface area (Å²) in [5.74, 6) is 0. The molecule has 0 bridgehead atoms. The van der Waals surface area contributed by atoms with Gasteiger partial charge < -0.3 is 0 Å². The van der Waals surface area contributed by atoms with E-state index >= 15 is 0 Å². The fourth-order valence-corrected chi connectivity index (χ4v) is 0.420. The van der Waals surface area contributed by atoms with Gasteiger partial charge in [0.25, 0.3) is 0 Å². The fraction of sp³-hybridized carbons (Fsp3) is 0. The molecule has 0 N–H and O–H groups in total. The Hall–Kier alpha value is -0.210. The summed E-state index contributed by atoms with van der Waals surface area (Å²) in [6.45, 7) is 0. The second-order valence-electron chi connectivity index (χ2n) is 0.561. The van der Waals surface area contributed by atoms with E-state index < -0.39 is 0 Å². The SMILES string of the molecule is [N-]=[N+]=NSN(I)N=O. The van der Waals surface area contributed by atoms with Gasteiger partial charge >= 0.3 is 0 Å². The van der Waals surface area contributed by atoms with Crippen molar-refractivity contribution in [1.29, 1.82) is 0 Å². The third-order valence-corrected chi connectivity index (χ3v) is 1.26. The van der Waals surface area contributed by atoms with Gasteiger partial charge in [-0.3, -0.25) is 0 Å². The van der Waals surface area contributed by atoms with E-state index in [1.807, 2.05) is 0 Å². The lowest BCUT2D eigenvalue weighted by molar-refractivity contribution is 0.864. The Kier molecular flexibility index (Phi) is 4.81. The van der Waals surface area contributed by atoms with Crippen LogP contribution < -0.4 is 0 Å². The van der Waals surface area contributed by atoms with Crippen LogP contribution in [0.25, 0.3) is 10.4 Å². The minimum absolute atomic E-state index is 0.626. The van der Waals surface area contributed by atoms with Gasteiger partial charge in [-0.05, 0) is 10.1 Å². The van der Waals surface area contributed by atoms with Crippen LogP contribution in [0.1, 0.15) is 0 Å². The molecule has 0 aliphatic heterocycles. The number of rotatable bonds is 3. The highest BCUT2D eigenvalue weighted by atomic mass is 127. The molecule has 0 aromatic carbocycles. The molecule has 44 valence electrons. The number of hydrogen-bond donors (Lipinski definition) is 0. The molecule has 8 heavy (non-hydrogen) atoms. The van der Waals surface area contributed by atoms with E-state index in [4.69, 9.17) is 5.53 Å². The standard InChI is InChI=1S/IN5OS/c1-6(5-7)8-4-3-2. The predicted molar refractivity (Wildman–Crippen MR) is 38.4 cm³/mol. The maximum absolute atomic E-state index is 9.47. The van der Waals surface area contributed by atoms with Crippen molar-refractivity contribution < 1.29 is 0 Å². The molecule has 0 fully saturated rings. The topological polar surface area (TPSA) is 81.4 Å². The van der Waals surface area contributed by atoms with Gasteiger partial charge in [-0.25, -0.2) is 0 Å². The van der Waals surface area contributed by atoms with Crippen LogP contribution in [0.5, 0.6) is 0 Å². The van der Waals surface area contributed by atoms with Crippen LogP contribution in [-0.2, 0) is 0 Å². The van der Waals surface area contributed by atoms with Crippen molar-refractivity contribution in [3.8, 4) is 0 Å². The van der Waals surface area contributed by atoms with E-state index in [9.17, 15) is 4.91 Å². The highest BCUT2D eigenvalue weighted by molar-refractivity contribution is 14.1. The van der Waals surface area contributed by atoms with Gasteiger partial charge in [-0.1, -0.05) is 0 Å². The number of azide groups is 1. The Morgan fingerprint density at radius 3 is 2.88 bits per heavy atom. The van der Waals surface area contributed by atoms with Crippen LogP contribution in [0.2, 0.25) is 0 Å². The first-order chi connectivity index (χ1) is 3.81. The van der Waals surface area contributed by atoms with Crippen LogP contribution in [0.3, 0.4) is 0 Å². The first-order valence-corrected chi connectivity index (χ1v) is 3.01. The summed E-state index contributed by atoms with van der Waals surface area (Å²) in [7, 11) is 0. The maximum Gasteiger partial charge on any atom is 0.0979 e. The summed E-state index contributed by atoms with van der Waals surface area (Å²) in [5.41, 5.74) is 7.67. The Bertz CT molecular complexity index is 118. The van der Waals surface area contributed by atoms with Gasteiger partial charge in [-0.2, -0.15) is 0 Å². The van der Waals surface area contributed by atoms with E-state index in [0.29, 0.717) is 12.1 Å². The zero-order chi connectivity index (χ0) is 6.41. The monoisotopic (exact) mass is 245 g/mol. The summed E-state index contributed by atoms with van der Waals surface area (Å²) in [5, 5.41) is 2.39. The number of hydrogen-bond acceptors (Lipinski definition) is 4. The van der Waals surface area contributed by atoms with E-state index in [1.54, 1.807) is 22.9 Å². The van der Waals surface area contributed by atoms with Crippen LogP contribution in [-0.4, -0.2) is 2.63 Å². The summed E-state index contributed by atoms with van der Waals surface area (Å²) < 4.78 is 3.84. The molecule has 0 rings (SSSR count). The molecule has 0 unspecified atom stereocenters. The average Bonchev–Trinajstić information content (AvgIpc) is 1.83.